The van der Waals surface area contributed by atoms with Gasteiger partial charge in [0.2, 0.25) is 0 Å². The zero-order valence-electron chi connectivity index (χ0n) is 2.77. The van der Waals surface area contributed by atoms with Crippen molar-refractivity contribution in [2.75, 3.05) is 0 Å². The van der Waals surface area contributed by atoms with Crippen molar-refractivity contribution in [3.8, 4) is 0 Å². The van der Waals surface area contributed by atoms with Crippen molar-refractivity contribution in [3.63, 3.8) is 0 Å². The van der Waals surface area contributed by atoms with Gasteiger partial charge in [0.05, 0.1) is 0 Å². The zero-order valence-corrected chi connectivity index (χ0v) is 6.31. The van der Waals surface area contributed by atoms with Crippen molar-refractivity contribution in [3.05, 3.63) is 0 Å². The predicted octanol–water partition coefficient (Wildman–Crippen LogP) is -0.483. The van der Waals surface area contributed by atoms with Gasteiger partial charge in [0.1, 0.15) is 0 Å². The monoisotopic (exact) mass is 229 g/mol. The molecule has 7 heteroatoms. The van der Waals surface area contributed by atoms with Gasteiger partial charge in [-0.3, -0.25) is 0 Å². The van der Waals surface area contributed by atoms with E-state index in [0.29, 0.717) is 0 Å². The van der Waals surface area contributed by atoms with Gasteiger partial charge in [-0.25, -0.2) is 0 Å². The Labute approximate surface area is 73.1 Å². The Kier molecular flexibility index (Phi) is 5200. The van der Waals surface area contributed by atoms with Crippen molar-refractivity contribution in [2.24, 2.45) is 0 Å². The van der Waals surface area contributed by atoms with Gasteiger partial charge in [-0.05, 0) is 0 Å². The van der Waals surface area contributed by atoms with Gasteiger partial charge in [0.15, 0.2) is 0 Å². The molecule has 0 atom stereocenters. The molecule has 0 bridgehead atoms. The van der Waals surface area contributed by atoms with E-state index in [9.17, 15) is 0 Å². The minimum Gasteiger partial charge on any atom is -2.00 e. The normalized spacial score (nSPS) is 0. The summed E-state index contributed by atoms with van der Waals surface area (Å²) in [6.07, 6.45) is 0. The first-order chi connectivity index (χ1) is 0. The van der Waals surface area contributed by atoms with Crippen LogP contribution in [-0.2, 0) is 73.1 Å². The maximum atomic E-state index is 0. The Balaban J connectivity index is 0. The van der Waals surface area contributed by atoms with Crippen LogP contribution in [0, 0.1) is 0 Å². The first-order valence-corrected chi connectivity index (χ1v) is 0. The van der Waals surface area contributed by atoms with Crippen molar-refractivity contribution >= 4 is 0 Å². The minimum atomic E-state index is 0. The standard InChI is InChI=1S/3Mn.4O/q+2;2*+3;4*-2. The smallest absolute Gasteiger partial charge is 2.00 e. The molecule has 0 N–H and O–H groups in total. The third-order valence-corrected chi connectivity index (χ3v) is 0. The molecular weight excluding hydrogens is 229 g/mol. The molecule has 0 saturated carbocycles. The van der Waals surface area contributed by atoms with Crippen LogP contribution in [0.2, 0.25) is 0 Å². The van der Waals surface area contributed by atoms with Gasteiger partial charge in [-0.15, -0.1) is 0 Å². The molecule has 0 aliphatic heterocycles. The second-order valence-corrected chi connectivity index (χ2v) is 0. The van der Waals surface area contributed by atoms with Crippen LogP contribution in [0.3, 0.4) is 0 Å². The van der Waals surface area contributed by atoms with E-state index in [-0.39, 0.29) is 73.1 Å². The van der Waals surface area contributed by atoms with Crippen LogP contribution in [0.15, 0.2) is 0 Å². The average Bonchev–Trinajstić information content (AvgIpc) is 0. The molecule has 1 radical (unpaired) electrons. The molecule has 0 unspecified atom stereocenters. The molecule has 0 fully saturated rings. The van der Waals surface area contributed by atoms with Crippen LogP contribution in [0.1, 0.15) is 0 Å². The van der Waals surface area contributed by atoms with Gasteiger partial charge in [0.25, 0.3) is 0 Å². The van der Waals surface area contributed by atoms with Crippen LogP contribution in [-0.4, -0.2) is 0 Å². The summed E-state index contributed by atoms with van der Waals surface area (Å²) in [5.74, 6) is 0. The summed E-state index contributed by atoms with van der Waals surface area (Å²) in [6, 6.07) is 0. The first kappa shape index (κ1) is 235. The molecule has 0 amide bonds. The summed E-state index contributed by atoms with van der Waals surface area (Å²) >= 11 is 0. The molecular formula is Mn3O4. The SMILES string of the molecule is [Mn+2].[Mn+3].[Mn+3].[O-2].[O-2].[O-2].[O-2]. The number of hydrogen-bond acceptors (Lipinski definition) is 0. The van der Waals surface area contributed by atoms with Gasteiger partial charge >= 0.3 is 51.2 Å². The van der Waals surface area contributed by atoms with Gasteiger partial charge in [-0.2, -0.15) is 0 Å². The third-order valence-electron chi connectivity index (χ3n) is 0. The predicted molar refractivity (Wildman–Crippen MR) is 2.75 cm³/mol. The summed E-state index contributed by atoms with van der Waals surface area (Å²) in [7, 11) is 0. The van der Waals surface area contributed by atoms with E-state index >= 15 is 0 Å². The quantitative estimate of drug-likeness (QED) is 0.499. The Bertz CT molecular complexity index is 6.90. The molecule has 0 spiro atoms. The second-order valence-electron chi connectivity index (χ2n) is 0. The maximum Gasteiger partial charge on any atom is 3.00 e. The molecule has 7 heavy (non-hydrogen) atoms. The van der Waals surface area contributed by atoms with Gasteiger partial charge < -0.3 is 21.9 Å². The summed E-state index contributed by atoms with van der Waals surface area (Å²) < 4.78 is 0. The van der Waals surface area contributed by atoms with Crippen LogP contribution >= 0.6 is 0 Å². The fourth-order valence-corrected chi connectivity index (χ4v) is 0. The topological polar surface area (TPSA) is 114 Å². The average molecular weight is 229 g/mol. The molecule has 0 aromatic rings. The molecule has 0 aromatic carbocycles. The number of hydrogen-bond donors (Lipinski definition) is 0. The van der Waals surface area contributed by atoms with Crippen LogP contribution in [0.5, 0.6) is 0 Å². The summed E-state index contributed by atoms with van der Waals surface area (Å²) in [4.78, 5) is 0. The summed E-state index contributed by atoms with van der Waals surface area (Å²) in [5, 5.41) is 0. The van der Waals surface area contributed by atoms with E-state index in [2.05, 4.69) is 0 Å². The van der Waals surface area contributed by atoms with Crippen LogP contribution in [0.4, 0.5) is 0 Å². The van der Waals surface area contributed by atoms with E-state index in [1.165, 1.54) is 0 Å². The molecule has 0 aromatic heterocycles. The van der Waals surface area contributed by atoms with Crippen LogP contribution in [0.25, 0.3) is 0 Å². The van der Waals surface area contributed by atoms with Crippen LogP contribution < -0.4 is 0 Å². The molecule has 0 saturated heterocycles. The van der Waals surface area contributed by atoms with E-state index in [1.807, 2.05) is 0 Å². The Morgan fingerprint density at radius 2 is 0.429 bits per heavy atom. The second kappa shape index (κ2) is 155. The first-order valence-electron chi connectivity index (χ1n) is 0. The van der Waals surface area contributed by atoms with E-state index in [4.69, 9.17) is 0 Å². The molecule has 45 valence electrons. The zero-order chi connectivity index (χ0) is 0. The van der Waals surface area contributed by atoms with Crippen molar-refractivity contribution in [1.29, 1.82) is 0 Å². The van der Waals surface area contributed by atoms with Gasteiger partial charge in [-0.1, -0.05) is 0 Å². The number of rotatable bonds is 0. The summed E-state index contributed by atoms with van der Waals surface area (Å²) in [6.45, 7) is 0. The Morgan fingerprint density at radius 1 is 0.429 bits per heavy atom. The van der Waals surface area contributed by atoms with E-state index < -0.39 is 0 Å². The maximum absolute atomic E-state index is 0. The molecule has 0 aliphatic carbocycles. The van der Waals surface area contributed by atoms with E-state index in [1.54, 1.807) is 0 Å². The molecule has 0 heterocycles. The van der Waals surface area contributed by atoms with Gasteiger partial charge in [0, 0.05) is 0 Å². The fraction of sp³-hybridized carbons (Fsp3) is 0. The largest absolute Gasteiger partial charge is 3.00 e. The summed E-state index contributed by atoms with van der Waals surface area (Å²) in [5.41, 5.74) is 0. The molecule has 0 rings (SSSR count). The van der Waals surface area contributed by atoms with Crippen molar-refractivity contribution in [2.45, 2.75) is 0 Å². The van der Waals surface area contributed by atoms with Crippen molar-refractivity contribution in [1.82, 2.24) is 0 Å². The minimum absolute atomic E-state index is 0. The Morgan fingerprint density at radius 3 is 0.429 bits per heavy atom. The third kappa shape index (κ3) is 110. The fourth-order valence-electron chi connectivity index (χ4n) is 0. The molecule has 0 aliphatic rings. The Hall–Kier alpha value is 1.40. The van der Waals surface area contributed by atoms with E-state index in [0.717, 1.165) is 0 Å². The molecule has 4 nitrogen and oxygen atoms in total. The van der Waals surface area contributed by atoms with Crippen molar-refractivity contribution < 1.29 is 73.1 Å².